The summed E-state index contributed by atoms with van der Waals surface area (Å²) in [5.74, 6) is -0.203. The third kappa shape index (κ3) is 2.49. The van der Waals surface area contributed by atoms with Crippen molar-refractivity contribution in [1.29, 1.82) is 0 Å². The fourth-order valence-electron chi connectivity index (χ4n) is 2.40. The SMILES string of the molecule is CCOC(=O)c1c(CN(C)C)n(C)c2ccc(O)cc12. The van der Waals surface area contributed by atoms with E-state index in [4.69, 9.17) is 4.74 Å². The minimum atomic E-state index is -0.347. The van der Waals surface area contributed by atoms with Crippen LogP contribution in [0.1, 0.15) is 23.0 Å². The van der Waals surface area contributed by atoms with Crippen LogP contribution < -0.4 is 0 Å². The predicted octanol–water partition coefficient (Wildman–Crippen LogP) is 2.12. The molecule has 0 bridgehead atoms. The van der Waals surface area contributed by atoms with Crippen LogP contribution in [0.25, 0.3) is 10.9 Å². The van der Waals surface area contributed by atoms with Gasteiger partial charge in [0.05, 0.1) is 12.2 Å². The Morgan fingerprint density at radius 2 is 2.10 bits per heavy atom. The number of carbonyl (C=O) groups is 1. The molecule has 0 unspecified atom stereocenters. The lowest BCUT2D eigenvalue weighted by atomic mass is 10.1. The van der Waals surface area contributed by atoms with Crippen LogP contribution in [-0.2, 0) is 18.3 Å². The van der Waals surface area contributed by atoms with E-state index in [2.05, 4.69) is 0 Å². The molecule has 0 saturated carbocycles. The molecule has 0 amide bonds. The topological polar surface area (TPSA) is 54.7 Å². The molecule has 5 heteroatoms. The number of hydrogen-bond donors (Lipinski definition) is 1. The summed E-state index contributed by atoms with van der Waals surface area (Å²) < 4.78 is 7.13. The molecule has 0 radical (unpaired) electrons. The van der Waals surface area contributed by atoms with E-state index in [1.54, 1.807) is 19.1 Å². The van der Waals surface area contributed by atoms with Crippen LogP contribution in [0.15, 0.2) is 18.2 Å². The van der Waals surface area contributed by atoms with E-state index in [0.717, 1.165) is 16.6 Å². The van der Waals surface area contributed by atoms with Gasteiger partial charge in [0.1, 0.15) is 5.75 Å². The standard InChI is InChI=1S/C15H20N2O3/c1-5-20-15(19)14-11-8-10(18)6-7-12(11)17(4)13(14)9-16(2)3/h6-8,18H,5,9H2,1-4H3. The zero-order valence-electron chi connectivity index (χ0n) is 12.3. The van der Waals surface area contributed by atoms with Crippen molar-refractivity contribution in [2.45, 2.75) is 13.5 Å². The van der Waals surface area contributed by atoms with E-state index >= 15 is 0 Å². The van der Waals surface area contributed by atoms with Gasteiger partial charge in [0, 0.05) is 30.2 Å². The van der Waals surface area contributed by atoms with Crippen molar-refractivity contribution in [2.24, 2.45) is 7.05 Å². The third-order valence-corrected chi connectivity index (χ3v) is 3.25. The number of fused-ring (bicyclic) bond motifs is 1. The number of aromatic hydroxyl groups is 1. The number of ether oxygens (including phenoxy) is 1. The summed E-state index contributed by atoms with van der Waals surface area (Å²) in [6, 6.07) is 5.05. The molecular formula is C15H20N2O3. The number of phenolic OH excluding ortho intramolecular Hbond substituents is 1. The molecule has 5 nitrogen and oxygen atoms in total. The quantitative estimate of drug-likeness (QED) is 0.869. The lowest BCUT2D eigenvalue weighted by Gasteiger charge is -2.12. The summed E-state index contributed by atoms with van der Waals surface area (Å²) in [7, 11) is 5.81. The fourth-order valence-corrected chi connectivity index (χ4v) is 2.40. The zero-order valence-corrected chi connectivity index (χ0v) is 12.3. The maximum atomic E-state index is 12.2. The molecule has 0 aliphatic rings. The zero-order chi connectivity index (χ0) is 14.9. The maximum Gasteiger partial charge on any atom is 0.340 e. The molecule has 0 aliphatic carbocycles. The number of nitrogens with zero attached hydrogens (tertiary/aromatic N) is 2. The van der Waals surface area contributed by atoms with Gasteiger partial charge < -0.3 is 19.3 Å². The Kier molecular flexibility index (Phi) is 3.99. The van der Waals surface area contributed by atoms with E-state index in [1.165, 1.54) is 0 Å². The van der Waals surface area contributed by atoms with Crippen LogP contribution in [0, 0.1) is 0 Å². The molecule has 2 rings (SSSR count). The fraction of sp³-hybridized carbons (Fsp3) is 0.400. The van der Waals surface area contributed by atoms with Crippen molar-refractivity contribution < 1.29 is 14.6 Å². The van der Waals surface area contributed by atoms with Gasteiger partial charge in [-0.15, -0.1) is 0 Å². The summed E-state index contributed by atoms with van der Waals surface area (Å²) >= 11 is 0. The normalized spacial score (nSPS) is 11.2. The highest BCUT2D eigenvalue weighted by Gasteiger charge is 2.22. The molecule has 0 atom stereocenters. The van der Waals surface area contributed by atoms with Gasteiger partial charge in [-0.3, -0.25) is 0 Å². The molecule has 1 aromatic heterocycles. The minimum absolute atomic E-state index is 0.144. The lowest BCUT2D eigenvalue weighted by Crippen LogP contribution is -2.17. The van der Waals surface area contributed by atoms with Crippen molar-refractivity contribution in [3.63, 3.8) is 0 Å². The number of carbonyl (C=O) groups excluding carboxylic acids is 1. The molecule has 0 aliphatic heterocycles. The summed E-state index contributed by atoms with van der Waals surface area (Å²) in [6.07, 6.45) is 0. The first-order valence-corrected chi connectivity index (χ1v) is 6.57. The van der Waals surface area contributed by atoms with Crippen molar-refractivity contribution in [1.82, 2.24) is 9.47 Å². The van der Waals surface area contributed by atoms with Crippen LogP contribution in [0.3, 0.4) is 0 Å². The van der Waals surface area contributed by atoms with Gasteiger partial charge in [0.2, 0.25) is 0 Å². The first-order chi connectivity index (χ1) is 9.45. The Bertz CT molecular complexity index is 644. The Morgan fingerprint density at radius 1 is 1.40 bits per heavy atom. The van der Waals surface area contributed by atoms with Crippen molar-refractivity contribution in [3.8, 4) is 5.75 Å². The lowest BCUT2D eigenvalue weighted by molar-refractivity contribution is 0.0526. The molecular weight excluding hydrogens is 256 g/mol. The molecule has 1 N–H and O–H groups in total. The predicted molar refractivity (Wildman–Crippen MR) is 77.9 cm³/mol. The average molecular weight is 276 g/mol. The Hall–Kier alpha value is -2.01. The number of rotatable bonds is 4. The smallest absolute Gasteiger partial charge is 0.340 e. The van der Waals surface area contributed by atoms with Crippen LogP contribution in [0.2, 0.25) is 0 Å². The van der Waals surface area contributed by atoms with Crippen LogP contribution in [0.5, 0.6) is 5.75 Å². The summed E-state index contributed by atoms with van der Waals surface area (Å²) in [5.41, 5.74) is 2.32. The second-order valence-corrected chi connectivity index (χ2v) is 5.04. The number of aromatic nitrogens is 1. The highest BCUT2D eigenvalue weighted by molar-refractivity contribution is 6.06. The van der Waals surface area contributed by atoms with E-state index < -0.39 is 0 Å². The highest BCUT2D eigenvalue weighted by atomic mass is 16.5. The van der Waals surface area contributed by atoms with E-state index in [9.17, 15) is 9.90 Å². The highest BCUT2D eigenvalue weighted by Crippen LogP contribution is 2.29. The first-order valence-electron chi connectivity index (χ1n) is 6.57. The van der Waals surface area contributed by atoms with Crippen LogP contribution in [0.4, 0.5) is 0 Å². The van der Waals surface area contributed by atoms with Gasteiger partial charge in [0.15, 0.2) is 0 Å². The molecule has 0 saturated heterocycles. The number of benzene rings is 1. The first kappa shape index (κ1) is 14.4. The monoisotopic (exact) mass is 276 g/mol. The minimum Gasteiger partial charge on any atom is -0.508 e. The summed E-state index contributed by atoms with van der Waals surface area (Å²) in [4.78, 5) is 14.2. The van der Waals surface area contributed by atoms with Gasteiger partial charge in [-0.25, -0.2) is 4.79 Å². The summed E-state index contributed by atoms with van der Waals surface area (Å²) in [5, 5.41) is 10.4. The molecule has 20 heavy (non-hydrogen) atoms. The Morgan fingerprint density at radius 3 is 2.70 bits per heavy atom. The number of hydrogen-bond acceptors (Lipinski definition) is 4. The van der Waals surface area contributed by atoms with Crippen molar-refractivity contribution >= 4 is 16.9 Å². The molecule has 1 aromatic carbocycles. The number of phenols is 1. The van der Waals surface area contributed by atoms with Gasteiger partial charge in [-0.1, -0.05) is 0 Å². The molecule has 2 aromatic rings. The summed E-state index contributed by atoms with van der Waals surface area (Å²) in [6.45, 7) is 2.74. The molecule has 1 heterocycles. The van der Waals surface area contributed by atoms with E-state index in [1.807, 2.05) is 36.7 Å². The molecule has 108 valence electrons. The second kappa shape index (κ2) is 5.54. The van der Waals surface area contributed by atoms with Crippen LogP contribution >= 0.6 is 0 Å². The van der Waals surface area contributed by atoms with E-state index in [0.29, 0.717) is 18.7 Å². The second-order valence-electron chi connectivity index (χ2n) is 5.04. The molecule has 0 fully saturated rings. The Balaban J connectivity index is 2.70. The maximum absolute atomic E-state index is 12.2. The van der Waals surface area contributed by atoms with Gasteiger partial charge in [-0.05, 0) is 39.2 Å². The van der Waals surface area contributed by atoms with Crippen molar-refractivity contribution in [2.75, 3.05) is 20.7 Å². The van der Waals surface area contributed by atoms with Gasteiger partial charge in [-0.2, -0.15) is 0 Å². The third-order valence-electron chi connectivity index (χ3n) is 3.25. The van der Waals surface area contributed by atoms with Gasteiger partial charge >= 0.3 is 5.97 Å². The number of esters is 1. The van der Waals surface area contributed by atoms with Crippen molar-refractivity contribution in [3.05, 3.63) is 29.5 Å². The average Bonchev–Trinajstić information content (AvgIpc) is 2.62. The molecule has 0 spiro atoms. The van der Waals surface area contributed by atoms with Gasteiger partial charge in [0.25, 0.3) is 0 Å². The largest absolute Gasteiger partial charge is 0.508 e. The van der Waals surface area contributed by atoms with E-state index in [-0.39, 0.29) is 11.7 Å². The van der Waals surface area contributed by atoms with Crippen LogP contribution in [-0.4, -0.2) is 41.2 Å². The Labute approximate surface area is 118 Å². The number of aryl methyl sites for hydroxylation is 1.